The van der Waals surface area contributed by atoms with Gasteiger partial charge in [0.05, 0.1) is 11.0 Å². The minimum absolute atomic E-state index is 0.0431. The van der Waals surface area contributed by atoms with E-state index < -0.39 is 5.91 Å². The molecule has 0 unspecified atom stereocenters. The summed E-state index contributed by atoms with van der Waals surface area (Å²) < 4.78 is 6.27. The third-order valence-electron chi connectivity index (χ3n) is 2.58. The van der Waals surface area contributed by atoms with Gasteiger partial charge in [0.1, 0.15) is 5.58 Å². The van der Waals surface area contributed by atoms with E-state index in [0.717, 1.165) is 9.86 Å². The molecule has 2 amide bonds. The van der Waals surface area contributed by atoms with Gasteiger partial charge in [-0.3, -0.25) is 9.59 Å². The molecule has 0 bridgehead atoms. The zero-order valence-corrected chi connectivity index (χ0v) is 12.8. The molecular weight excluding hydrogens is 324 g/mol. The lowest BCUT2D eigenvalue weighted by atomic mass is 10.2. The lowest BCUT2D eigenvalue weighted by molar-refractivity contribution is -0.120. The molecule has 6 heteroatoms. The summed E-state index contributed by atoms with van der Waals surface area (Å²) >= 11 is 3.36. The molecule has 2 aromatic rings. The summed E-state index contributed by atoms with van der Waals surface area (Å²) in [6, 6.07) is 7.24. The second-order valence-electron chi connectivity index (χ2n) is 4.67. The van der Waals surface area contributed by atoms with Gasteiger partial charge in [-0.05, 0) is 41.9 Å². The Bertz CT molecular complexity index is 649. The fourth-order valence-corrected chi connectivity index (χ4v) is 2.22. The zero-order chi connectivity index (χ0) is 14.7. The molecule has 1 heterocycles. The molecule has 0 aliphatic rings. The SMILES string of the molecule is CC(C)NC(=O)CNC(=O)c1cc2cccc(Br)c2o1. The van der Waals surface area contributed by atoms with Crippen molar-refractivity contribution in [2.45, 2.75) is 19.9 Å². The number of hydrogen-bond acceptors (Lipinski definition) is 3. The van der Waals surface area contributed by atoms with Crippen LogP contribution in [0.2, 0.25) is 0 Å². The molecule has 0 saturated carbocycles. The van der Waals surface area contributed by atoms with E-state index in [1.54, 1.807) is 6.07 Å². The summed E-state index contributed by atoms with van der Waals surface area (Å²) in [5.74, 6) is -0.457. The molecule has 106 valence electrons. The molecule has 2 N–H and O–H groups in total. The van der Waals surface area contributed by atoms with Crippen molar-refractivity contribution < 1.29 is 14.0 Å². The topological polar surface area (TPSA) is 71.3 Å². The number of halogens is 1. The summed E-state index contributed by atoms with van der Waals surface area (Å²) in [6.45, 7) is 3.64. The maximum Gasteiger partial charge on any atom is 0.287 e. The van der Waals surface area contributed by atoms with Crippen LogP contribution in [0.3, 0.4) is 0 Å². The fraction of sp³-hybridized carbons (Fsp3) is 0.286. The summed E-state index contributed by atoms with van der Waals surface area (Å²) in [5.41, 5.74) is 0.615. The van der Waals surface area contributed by atoms with Crippen LogP contribution in [0.5, 0.6) is 0 Å². The summed E-state index contributed by atoms with van der Waals surface area (Å²) in [4.78, 5) is 23.4. The van der Waals surface area contributed by atoms with Crippen molar-refractivity contribution in [2.24, 2.45) is 0 Å². The number of benzene rings is 1. The Morgan fingerprint density at radius 3 is 2.75 bits per heavy atom. The highest BCUT2D eigenvalue weighted by molar-refractivity contribution is 9.10. The van der Waals surface area contributed by atoms with Crippen LogP contribution in [0.1, 0.15) is 24.4 Å². The Kier molecular flexibility index (Phi) is 4.44. The third kappa shape index (κ3) is 3.39. The highest BCUT2D eigenvalue weighted by atomic mass is 79.9. The first-order chi connectivity index (χ1) is 9.47. The number of fused-ring (bicyclic) bond motifs is 1. The number of hydrogen-bond donors (Lipinski definition) is 2. The van der Waals surface area contributed by atoms with Gasteiger partial charge in [-0.1, -0.05) is 12.1 Å². The fourth-order valence-electron chi connectivity index (χ4n) is 1.76. The van der Waals surface area contributed by atoms with Gasteiger partial charge in [-0.25, -0.2) is 0 Å². The van der Waals surface area contributed by atoms with Crippen LogP contribution in [0.15, 0.2) is 33.2 Å². The number of amides is 2. The van der Waals surface area contributed by atoms with Gasteiger partial charge in [0.2, 0.25) is 5.91 Å². The Morgan fingerprint density at radius 2 is 2.10 bits per heavy atom. The second-order valence-corrected chi connectivity index (χ2v) is 5.53. The van der Waals surface area contributed by atoms with Crippen LogP contribution in [0.25, 0.3) is 11.0 Å². The Hall–Kier alpha value is -1.82. The van der Waals surface area contributed by atoms with Crippen molar-refractivity contribution in [2.75, 3.05) is 6.54 Å². The van der Waals surface area contributed by atoms with Gasteiger partial charge >= 0.3 is 0 Å². The van der Waals surface area contributed by atoms with Crippen molar-refractivity contribution in [1.29, 1.82) is 0 Å². The first-order valence-electron chi connectivity index (χ1n) is 6.23. The molecule has 20 heavy (non-hydrogen) atoms. The molecule has 0 aliphatic carbocycles. The number of carbonyl (C=O) groups excluding carboxylic acids is 2. The van der Waals surface area contributed by atoms with E-state index in [1.807, 2.05) is 32.0 Å². The van der Waals surface area contributed by atoms with E-state index >= 15 is 0 Å². The molecule has 5 nitrogen and oxygen atoms in total. The zero-order valence-electron chi connectivity index (χ0n) is 11.2. The van der Waals surface area contributed by atoms with E-state index in [4.69, 9.17) is 4.42 Å². The van der Waals surface area contributed by atoms with Gasteiger partial charge in [0, 0.05) is 11.4 Å². The van der Waals surface area contributed by atoms with E-state index in [2.05, 4.69) is 26.6 Å². The molecule has 0 saturated heterocycles. The van der Waals surface area contributed by atoms with E-state index in [-0.39, 0.29) is 24.3 Å². The van der Waals surface area contributed by atoms with Crippen LogP contribution in [0, 0.1) is 0 Å². The minimum Gasteiger partial charge on any atom is -0.450 e. The average molecular weight is 339 g/mol. The van der Waals surface area contributed by atoms with Gasteiger partial charge in [0.25, 0.3) is 5.91 Å². The molecule has 2 rings (SSSR count). The third-order valence-corrected chi connectivity index (χ3v) is 3.20. The lowest BCUT2D eigenvalue weighted by Crippen LogP contribution is -2.39. The predicted octanol–water partition coefficient (Wildman–Crippen LogP) is 2.45. The van der Waals surface area contributed by atoms with Gasteiger partial charge in [-0.15, -0.1) is 0 Å². The van der Waals surface area contributed by atoms with E-state index in [0.29, 0.717) is 5.58 Å². The van der Waals surface area contributed by atoms with Gasteiger partial charge < -0.3 is 15.1 Å². The molecule has 0 spiro atoms. The maximum absolute atomic E-state index is 11.9. The Morgan fingerprint density at radius 1 is 1.35 bits per heavy atom. The van der Waals surface area contributed by atoms with Gasteiger partial charge in [0.15, 0.2) is 5.76 Å². The quantitative estimate of drug-likeness (QED) is 0.899. The number of para-hydroxylation sites is 1. The van der Waals surface area contributed by atoms with Crippen molar-refractivity contribution in [3.63, 3.8) is 0 Å². The summed E-state index contributed by atoms with van der Waals surface area (Å²) in [7, 11) is 0. The molecule has 0 aliphatic heterocycles. The minimum atomic E-state index is -0.410. The predicted molar refractivity (Wildman–Crippen MR) is 79.5 cm³/mol. The largest absolute Gasteiger partial charge is 0.450 e. The van der Waals surface area contributed by atoms with Crippen LogP contribution in [-0.2, 0) is 4.79 Å². The van der Waals surface area contributed by atoms with Crippen LogP contribution in [0.4, 0.5) is 0 Å². The number of rotatable bonds is 4. The smallest absolute Gasteiger partial charge is 0.287 e. The Balaban J connectivity index is 2.04. The van der Waals surface area contributed by atoms with E-state index in [9.17, 15) is 9.59 Å². The molecule has 0 radical (unpaired) electrons. The second kappa shape index (κ2) is 6.09. The average Bonchev–Trinajstić information content (AvgIpc) is 2.80. The normalized spacial score (nSPS) is 10.8. The Labute approximate surface area is 124 Å². The van der Waals surface area contributed by atoms with Crippen molar-refractivity contribution in [3.8, 4) is 0 Å². The van der Waals surface area contributed by atoms with Crippen LogP contribution >= 0.6 is 15.9 Å². The first-order valence-corrected chi connectivity index (χ1v) is 7.02. The molecule has 0 fully saturated rings. The number of furan rings is 1. The molecular formula is C14H15BrN2O3. The van der Waals surface area contributed by atoms with E-state index in [1.165, 1.54) is 0 Å². The van der Waals surface area contributed by atoms with Crippen molar-refractivity contribution >= 4 is 38.7 Å². The van der Waals surface area contributed by atoms with Crippen molar-refractivity contribution in [3.05, 3.63) is 34.5 Å². The van der Waals surface area contributed by atoms with Gasteiger partial charge in [-0.2, -0.15) is 0 Å². The highest BCUT2D eigenvalue weighted by Gasteiger charge is 2.14. The number of carbonyl (C=O) groups is 2. The molecule has 1 aromatic heterocycles. The standard InChI is InChI=1S/C14H15BrN2O3/c1-8(2)17-12(18)7-16-14(19)11-6-9-4-3-5-10(15)13(9)20-11/h3-6,8H,7H2,1-2H3,(H,16,19)(H,17,18). The number of nitrogens with one attached hydrogen (secondary N) is 2. The maximum atomic E-state index is 11.9. The monoisotopic (exact) mass is 338 g/mol. The van der Waals surface area contributed by atoms with Crippen LogP contribution in [-0.4, -0.2) is 24.4 Å². The summed E-state index contributed by atoms with van der Waals surface area (Å²) in [5, 5.41) is 6.05. The highest BCUT2D eigenvalue weighted by Crippen LogP contribution is 2.26. The first kappa shape index (κ1) is 14.6. The van der Waals surface area contributed by atoms with Crippen LogP contribution < -0.4 is 10.6 Å². The lowest BCUT2D eigenvalue weighted by Gasteiger charge is -2.08. The summed E-state index contributed by atoms with van der Waals surface area (Å²) in [6.07, 6.45) is 0. The molecule has 1 aromatic carbocycles. The molecule has 0 atom stereocenters. The van der Waals surface area contributed by atoms with Crippen molar-refractivity contribution in [1.82, 2.24) is 10.6 Å².